The number of amides is 1. The lowest BCUT2D eigenvalue weighted by molar-refractivity contribution is -0.132. The van der Waals surface area contributed by atoms with Gasteiger partial charge in [0.25, 0.3) is 5.56 Å². The van der Waals surface area contributed by atoms with Crippen molar-refractivity contribution in [1.29, 1.82) is 0 Å². The number of nitrogens with zero attached hydrogens (tertiary/aromatic N) is 4. The van der Waals surface area contributed by atoms with E-state index in [1.54, 1.807) is 15.3 Å². The number of hydrogen-bond acceptors (Lipinski definition) is 3. The number of hydrogen-bond donors (Lipinski definition) is 0. The van der Waals surface area contributed by atoms with Gasteiger partial charge in [0.2, 0.25) is 5.91 Å². The largest absolute Gasteiger partial charge is 0.341 e. The minimum atomic E-state index is -0.183. The van der Waals surface area contributed by atoms with Crippen LogP contribution in [0.2, 0.25) is 0 Å². The van der Waals surface area contributed by atoms with Crippen LogP contribution in [-0.2, 0) is 11.3 Å². The minimum Gasteiger partial charge on any atom is -0.341 e. The standard InChI is InChI=1S/C26H26N4O2/c1-19-17-22(31)29(18-23(32)28-15-9-4-10-16-28)26-24(19)25(20-11-5-2-6-12-20)27-30(26)21-13-7-3-8-14-21/h2-3,5-8,11-14,17H,4,9-10,15-16,18H2,1H3. The zero-order chi connectivity index (χ0) is 22.1. The van der Waals surface area contributed by atoms with E-state index in [1.165, 1.54) is 0 Å². The van der Waals surface area contributed by atoms with Crippen molar-refractivity contribution < 1.29 is 4.79 Å². The van der Waals surface area contributed by atoms with Crippen LogP contribution in [0.1, 0.15) is 24.8 Å². The number of fused-ring (bicyclic) bond motifs is 1. The highest BCUT2D eigenvalue weighted by Crippen LogP contribution is 2.31. The number of piperidine rings is 1. The van der Waals surface area contributed by atoms with Crippen LogP contribution in [0.25, 0.3) is 28.0 Å². The van der Waals surface area contributed by atoms with Gasteiger partial charge in [0, 0.05) is 30.1 Å². The lowest BCUT2D eigenvalue weighted by Crippen LogP contribution is -2.39. The van der Waals surface area contributed by atoms with Crippen molar-refractivity contribution in [2.24, 2.45) is 0 Å². The first-order valence-corrected chi connectivity index (χ1v) is 11.2. The molecule has 162 valence electrons. The maximum absolute atomic E-state index is 13.2. The fourth-order valence-corrected chi connectivity index (χ4v) is 4.54. The van der Waals surface area contributed by atoms with Gasteiger partial charge < -0.3 is 4.90 Å². The summed E-state index contributed by atoms with van der Waals surface area (Å²) in [6.07, 6.45) is 3.19. The summed E-state index contributed by atoms with van der Waals surface area (Å²) in [6.45, 7) is 3.47. The summed E-state index contributed by atoms with van der Waals surface area (Å²) >= 11 is 0. The summed E-state index contributed by atoms with van der Waals surface area (Å²) in [5.74, 6) is -0.0148. The van der Waals surface area contributed by atoms with E-state index in [-0.39, 0.29) is 18.0 Å². The van der Waals surface area contributed by atoms with E-state index in [0.717, 1.165) is 60.2 Å². The third-order valence-electron chi connectivity index (χ3n) is 6.17. The molecule has 1 aliphatic rings. The van der Waals surface area contributed by atoms with E-state index in [9.17, 15) is 9.59 Å². The van der Waals surface area contributed by atoms with Crippen LogP contribution in [0, 0.1) is 6.92 Å². The van der Waals surface area contributed by atoms with Gasteiger partial charge in [-0.2, -0.15) is 5.10 Å². The van der Waals surface area contributed by atoms with Crippen molar-refractivity contribution in [2.75, 3.05) is 13.1 Å². The Hall–Kier alpha value is -3.67. The molecule has 6 heteroatoms. The summed E-state index contributed by atoms with van der Waals surface area (Å²) in [5, 5.41) is 5.84. The molecule has 0 spiro atoms. The van der Waals surface area contributed by atoms with Crippen molar-refractivity contribution in [3.63, 3.8) is 0 Å². The number of rotatable bonds is 4. The van der Waals surface area contributed by atoms with Gasteiger partial charge in [0.15, 0.2) is 0 Å². The van der Waals surface area contributed by atoms with E-state index in [4.69, 9.17) is 5.10 Å². The van der Waals surface area contributed by atoms with Crippen LogP contribution in [0.5, 0.6) is 0 Å². The Morgan fingerprint density at radius 1 is 0.938 bits per heavy atom. The number of para-hydroxylation sites is 1. The summed E-state index contributed by atoms with van der Waals surface area (Å²) in [7, 11) is 0. The molecule has 0 unspecified atom stereocenters. The number of pyridine rings is 1. The fourth-order valence-electron chi connectivity index (χ4n) is 4.54. The predicted molar refractivity (Wildman–Crippen MR) is 126 cm³/mol. The van der Waals surface area contributed by atoms with E-state index >= 15 is 0 Å². The van der Waals surface area contributed by atoms with Crippen molar-refractivity contribution in [2.45, 2.75) is 32.7 Å². The molecule has 4 aromatic rings. The highest BCUT2D eigenvalue weighted by molar-refractivity contribution is 5.95. The molecule has 0 aliphatic carbocycles. The molecule has 1 fully saturated rings. The highest BCUT2D eigenvalue weighted by atomic mass is 16.2. The van der Waals surface area contributed by atoms with Crippen molar-refractivity contribution in [1.82, 2.24) is 19.2 Å². The van der Waals surface area contributed by atoms with E-state index in [0.29, 0.717) is 5.65 Å². The van der Waals surface area contributed by atoms with Gasteiger partial charge in [-0.05, 0) is 43.9 Å². The molecule has 0 radical (unpaired) electrons. The molecule has 2 aromatic carbocycles. The molecule has 3 heterocycles. The predicted octanol–water partition coefficient (Wildman–Crippen LogP) is 4.18. The van der Waals surface area contributed by atoms with Crippen LogP contribution in [-0.4, -0.2) is 38.2 Å². The van der Waals surface area contributed by atoms with Gasteiger partial charge in [-0.1, -0.05) is 48.5 Å². The maximum atomic E-state index is 13.2. The molecule has 6 nitrogen and oxygen atoms in total. The third kappa shape index (κ3) is 3.62. The van der Waals surface area contributed by atoms with Crippen molar-refractivity contribution in [3.8, 4) is 16.9 Å². The lowest BCUT2D eigenvalue weighted by Gasteiger charge is -2.27. The quantitative estimate of drug-likeness (QED) is 0.492. The molecule has 32 heavy (non-hydrogen) atoms. The highest BCUT2D eigenvalue weighted by Gasteiger charge is 2.23. The SMILES string of the molecule is Cc1cc(=O)n(CC(=O)N2CCCCC2)c2c1c(-c1ccccc1)nn2-c1ccccc1. The van der Waals surface area contributed by atoms with E-state index < -0.39 is 0 Å². The molecule has 0 bridgehead atoms. The summed E-state index contributed by atoms with van der Waals surface area (Å²) in [5.41, 5.74) is 3.96. The zero-order valence-corrected chi connectivity index (χ0v) is 18.2. The number of likely N-dealkylation sites (tertiary alicyclic amines) is 1. The second kappa shape index (κ2) is 8.46. The van der Waals surface area contributed by atoms with Crippen molar-refractivity contribution >= 4 is 16.9 Å². The zero-order valence-electron chi connectivity index (χ0n) is 18.2. The lowest BCUT2D eigenvalue weighted by atomic mass is 10.1. The van der Waals surface area contributed by atoms with E-state index in [2.05, 4.69) is 0 Å². The van der Waals surface area contributed by atoms with Crippen LogP contribution in [0.4, 0.5) is 0 Å². The van der Waals surface area contributed by atoms with Crippen molar-refractivity contribution in [3.05, 3.63) is 82.6 Å². The van der Waals surface area contributed by atoms with Gasteiger partial charge in [-0.15, -0.1) is 0 Å². The number of benzene rings is 2. The fraction of sp³-hybridized carbons (Fsp3) is 0.269. The Bertz CT molecular complexity index is 1320. The second-order valence-electron chi connectivity index (χ2n) is 8.35. The topological polar surface area (TPSA) is 60.1 Å². The Kier molecular flexibility index (Phi) is 5.35. The van der Waals surface area contributed by atoms with Gasteiger partial charge in [-0.25, -0.2) is 4.68 Å². The van der Waals surface area contributed by atoms with Gasteiger partial charge in [0.05, 0.1) is 5.69 Å². The monoisotopic (exact) mass is 426 g/mol. The van der Waals surface area contributed by atoms with Crippen LogP contribution in [0.3, 0.4) is 0 Å². The first-order valence-electron chi connectivity index (χ1n) is 11.2. The van der Waals surface area contributed by atoms with Crippen LogP contribution in [0.15, 0.2) is 71.5 Å². The first-order chi connectivity index (χ1) is 15.6. The maximum Gasteiger partial charge on any atom is 0.252 e. The molecule has 0 atom stereocenters. The summed E-state index contributed by atoms with van der Waals surface area (Å²) < 4.78 is 3.39. The van der Waals surface area contributed by atoms with E-state index in [1.807, 2.05) is 72.5 Å². The molecule has 2 aromatic heterocycles. The Morgan fingerprint density at radius 3 is 2.28 bits per heavy atom. The molecule has 0 saturated carbocycles. The van der Waals surface area contributed by atoms with Gasteiger partial charge in [0.1, 0.15) is 17.9 Å². The first kappa shape index (κ1) is 20.2. The summed E-state index contributed by atoms with van der Waals surface area (Å²) in [6, 6.07) is 21.4. The Morgan fingerprint density at radius 2 is 1.59 bits per heavy atom. The Balaban J connectivity index is 1.74. The normalized spacial score (nSPS) is 14.1. The molecule has 1 saturated heterocycles. The molecular weight excluding hydrogens is 400 g/mol. The summed E-state index contributed by atoms with van der Waals surface area (Å²) in [4.78, 5) is 28.1. The number of aryl methyl sites for hydroxylation is 1. The smallest absolute Gasteiger partial charge is 0.252 e. The molecular formula is C26H26N4O2. The van der Waals surface area contributed by atoms with Crippen LogP contribution >= 0.6 is 0 Å². The third-order valence-corrected chi connectivity index (χ3v) is 6.17. The molecule has 1 amide bonds. The number of carbonyl (C=O) groups excluding carboxylic acids is 1. The number of aromatic nitrogens is 3. The number of carbonyl (C=O) groups is 1. The molecule has 1 aliphatic heterocycles. The second-order valence-corrected chi connectivity index (χ2v) is 8.35. The van der Waals surface area contributed by atoms with Gasteiger partial charge >= 0.3 is 0 Å². The van der Waals surface area contributed by atoms with Gasteiger partial charge in [-0.3, -0.25) is 14.2 Å². The average molecular weight is 427 g/mol. The van der Waals surface area contributed by atoms with Crippen LogP contribution < -0.4 is 5.56 Å². The molecule has 5 rings (SSSR count). The Labute approximate surface area is 186 Å². The average Bonchev–Trinajstić information content (AvgIpc) is 3.24. The molecule has 0 N–H and O–H groups in total. The minimum absolute atomic E-state index is 0.0148.